The number of benzene rings is 1. The van der Waals surface area contributed by atoms with Gasteiger partial charge in [-0.05, 0) is 31.2 Å². The van der Waals surface area contributed by atoms with E-state index < -0.39 is 0 Å². The lowest BCUT2D eigenvalue weighted by atomic mass is 9.74. The van der Waals surface area contributed by atoms with Crippen molar-refractivity contribution in [2.45, 2.75) is 56.4 Å². The van der Waals surface area contributed by atoms with Crippen LogP contribution in [0.3, 0.4) is 0 Å². The summed E-state index contributed by atoms with van der Waals surface area (Å²) in [6.45, 7) is 2.48. The van der Waals surface area contributed by atoms with E-state index >= 15 is 0 Å². The maximum absolute atomic E-state index is 9.79. The Balaban J connectivity index is 1.38. The molecule has 5 heteroatoms. The van der Waals surface area contributed by atoms with E-state index in [1.54, 1.807) is 0 Å². The SMILES string of the molecule is N#CC1(c2ccccc2)CCN(Cc2noc(C3CCCC3)n2)CC1. The molecule has 130 valence electrons. The summed E-state index contributed by atoms with van der Waals surface area (Å²) in [5.41, 5.74) is 0.782. The van der Waals surface area contributed by atoms with Crippen molar-refractivity contribution in [2.75, 3.05) is 13.1 Å². The highest BCUT2D eigenvalue weighted by Gasteiger charge is 2.36. The molecule has 1 saturated heterocycles. The van der Waals surface area contributed by atoms with E-state index in [4.69, 9.17) is 4.52 Å². The van der Waals surface area contributed by atoms with Gasteiger partial charge in [0.2, 0.25) is 5.89 Å². The van der Waals surface area contributed by atoms with Gasteiger partial charge < -0.3 is 4.52 Å². The van der Waals surface area contributed by atoms with Crippen LogP contribution in [0.25, 0.3) is 0 Å². The fourth-order valence-electron chi connectivity index (χ4n) is 4.19. The summed E-state index contributed by atoms with van der Waals surface area (Å²) in [4.78, 5) is 6.95. The molecule has 1 saturated carbocycles. The van der Waals surface area contributed by atoms with Gasteiger partial charge in [-0.3, -0.25) is 4.90 Å². The number of hydrogen-bond donors (Lipinski definition) is 0. The van der Waals surface area contributed by atoms with Crippen molar-refractivity contribution in [1.82, 2.24) is 15.0 Å². The topological polar surface area (TPSA) is 66.0 Å². The van der Waals surface area contributed by atoms with E-state index in [2.05, 4.69) is 33.2 Å². The van der Waals surface area contributed by atoms with Gasteiger partial charge in [-0.25, -0.2) is 0 Å². The van der Waals surface area contributed by atoms with Crippen LogP contribution in [0, 0.1) is 11.3 Å². The van der Waals surface area contributed by atoms with Gasteiger partial charge in [-0.1, -0.05) is 48.3 Å². The van der Waals surface area contributed by atoms with E-state index in [0.717, 1.165) is 43.2 Å². The fraction of sp³-hybridized carbons (Fsp3) is 0.550. The molecule has 2 aliphatic rings. The second kappa shape index (κ2) is 6.97. The molecule has 25 heavy (non-hydrogen) atoms. The van der Waals surface area contributed by atoms with Crippen molar-refractivity contribution >= 4 is 0 Å². The van der Waals surface area contributed by atoms with Gasteiger partial charge in [0, 0.05) is 19.0 Å². The number of aromatic nitrogens is 2. The van der Waals surface area contributed by atoms with E-state index in [1.165, 1.54) is 25.7 Å². The molecule has 1 aromatic heterocycles. The molecule has 1 aliphatic carbocycles. The van der Waals surface area contributed by atoms with Crippen molar-refractivity contribution < 1.29 is 4.52 Å². The maximum atomic E-state index is 9.79. The van der Waals surface area contributed by atoms with Crippen molar-refractivity contribution in [3.05, 3.63) is 47.6 Å². The van der Waals surface area contributed by atoms with Gasteiger partial charge in [-0.15, -0.1) is 0 Å². The number of likely N-dealkylation sites (tertiary alicyclic amines) is 1. The Morgan fingerprint density at radius 1 is 1.16 bits per heavy atom. The predicted octanol–water partition coefficient (Wildman–Crippen LogP) is 3.78. The Morgan fingerprint density at radius 3 is 2.56 bits per heavy atom. The highest BCUT2D eigenvalue weighted by molar-refractivity contribution is 5.33. The third-order valence-corrected chi connectivity index (χ3v) is 5.80. The van der Waals surface area contributed by atoms with Gasteiger partial charge in [0.25, 0.3) is 0 Å². The Morgan fingerprint density at radius 2 is 1.88 bits per heavy atom. The quantitative estimate of drug-likeness (QED) is 0.850. The molecule has 0 unspecified atom stereocenters. The van der Waals surface area contributed by atoms with E-state index in [9.17, 15) is 5.26 Å². The molecule has 2 aromatic rings. The van der Waals surface area contributed by atoms with Crippen LogP contribution in [0.4, 0.5) is 0 Å². The molecule has 2 heterocycles. The Hall–Kier alpha value is -2.19. The average molecular weight is 336 g/mol. The summed E-state index contributed by atoms with van der Waals surface area (Å²) in [7, 11) is 0. The van der Waals surface area contributed by atoms with Crippen LogP contribution in [-0.4, -0.2) is 28.1 Å². The molecule has 0 N–H and O–H groups in total. The summed E-state index contributed by atoms with van der Waals surface area (Å²) in [6.07, 6.45) is 6.58. The second-order valence-electron chi connectivity index (χ2n) is 7.37. The van der Waals surface area contributed by atoms with E-state index in [0.29, 0.717) is 12.5 Å². The lowest BCUT2D eigenvalue weighted by Gasteiger charge is -2.37. The van der Waals surface area contributed by atoms with E-state index in [-0.39, 0.29) is 5.41 Å². The Labute approximate surface area is 148 Å². The fourth-order valence-corrected chi connectivity index (χ4v) is 4.19. The molecule has 0 bridgehead atoms. The number of nitriles is 1. The smallest absolute Gasteiger partial charge is 0.229 e. The molecular formula is C20H24N4O. The van der Waals surface area contributed by atoms with Crippen LogP contribution in [0.15, 0.2) is 34.9 Å². The molecule has 5 nitrogen and oxygen atoms in total. The third-order valence-electron chi connectivity index (χ3n) is 5.80. The molecule has 4 rings (SSSR count). The second-order valence-corrected chi connectivity index (χ2v) is 7.37. The first-order valence-corrected chi connectivity index (χ1v) is 9.31. The molecule has 1 aromatic carbocycles. The molecule has 0 spiro atoms. The third kappa shape index (κ3) is 3.32. The van der Waals surface area contributed by atoms with E-state index in [1.807, 2.05) is 18.2 Å². The highest BCUT2D eigenvalue weighted by atomic mass is 16.5. The monoisotopic (exact) mass is 336 g/mol. The van der Waals surface area contributed by atoms with Gasteiger partial charge in [-0.2, -0.15) is 10.2 Å². The van der Waals surface area contributed by atoms with Crippen LogP contribution in [-0.2, 0) is 12.0 Å². The summed E-state index contributed by atoms with van der Waals surface area (Å²) < 4.78 is 5.48. The highest BCUT2D eigenvalue weighted by Crippen LogP contribution is 2.36. The van der Waals surface area contributed by atoms with Crippen LogP contribution < -0.4 is 0 Å². The molecular weight excluding hydrogens is 312 g/mol. The summed E-state index contributed by atoms with van der Waals surface area (Å²) in [6, 6.07) is 12.8. The first-order chi connectivity index (χ1) is 12.3. The van der Waals surface area contributed by atoms with Gasteiger partial charge >= 0.3 is 0 Å². The van der Waals surface area contributed by atoms with Crippen LogP contribution in [0.2, 0.25) is 0 Å². The Bertz CT molecular complexity index is 735. The largest absolute Gasteiger partial charge is 0.339 e. The molecule has 0 radical (unpaired) electrons. The lowest BCUT2D eigenvalue weighted by Crippen LogP contribution is -2.41. The Kier molecular flexibility index (Phi) is 4.54. The zero-order valence-electron chi connectivity index (χ0n) is 14.5. The number of piperidine rings is 1. The van der Waals surface area contributed by atoms with Crippen molar-refractivity contribution in [3.63, 3.8) is 0 Å². The number of hydrogen-bond acceptors (Lipinski definition) is 5. The van der Waals surface area contributed by atoms with Gasteiger partial charge in [0.15, 0.2) is 5.82 Å². The summed E-state index contributed by atoms with van der Waals surface area (Å²) >= 11 is 0. The van der Waals surface area contributed by atoms with Crippen LogP contribution in [0.1, 0.15) is 61.7 Å². The zero-order valence-corrected chi connectivity index (χ0v) is 14.5. The van der Waals surface area contributed by atoms with Gasteiger partial charge in [0.05, 0.1) is 18.0 Å². The number of rotatable bonds is 4. The standard InChI is InChI=1S/C20H24N4O/c21-15-20(17-8-2-1-3-9-17)10-12-24(13-11-20)14-18-22-19(25-23-18)16-6-4-5-7-16/h1-3,8-9,16H,4-7,10-14H2. The zero-order chi connectivity index (χ0) is 17.1. The van der Waals surface area contributed by atoms with Crippen molar-refractivity contribution in [3.8, 4) is 6.07 Å². The van der Waals surface area contributed by atoms with Crippen molar-refractivity contribution in [2.24, 2.45) is 0 Å². The van der Waals surface area contributed by atoms with Crippen molar-refractivity contribution in [1.29, 1.82) is 5.26 Å². The summed E-state index contributed by atoms with van der Waals surface area (Å²) in [5, 5.41) is 14.0. The molecule has 0 atom stereocenters. The molecule has 2 fully saturated rings. The first-order valence-electron chi connectivity index (χ1n) is 9.31. The predicted molar refractivity (Wildman–Crippen MR) is 93.8 cm³/mol. The minimum atomic E-state index is -0.357. The first kappa shape index (κ1) is 16.3. The maximum Gasteiger partial charge on any atom is 0.229 e. The average Bonchev–Trinajstić information content (AvgIpc) is 3.35. The lowest BCUT2D eigenvalue weighted by molar-refractivity contribution is 0.173. The number of nitrogens with zero attached hydrogens (tertiary/aromatic N) is 4. The summed E-state index contributed by atoms with van der Waals surface area (Å²) in [5.74, 6) is 2.07. The molecule has 1 aliphatic heterocycles. The molecule has 0 amide bonds. The van der Waals surface area contributed by atoms with Crippen LogP contribution in [0.5, 0.6) is 0 Å². The normalized spacial score (nSPS) is 21.2. The van der Waals surface area contributed by atoms with Gasteiger partial charge in [0.1, 0.15) is 0 Å². The van der Waals surface area contributed by atoms with Crippen LogP contribution >= 0.6 is 0 Å². The minimum Gasteiger partial charge on any atom is -0.339 e. The minimum absolute atomic E-state index is 0.357.